The predicted octanol–water partition coefficient (Wildman–Crippen LogP) is 2.89. The Labute approximate surface area is 120 Å². The summed E-state index contributed by atoms with van der Waals surface area (Å²) in [6.45, 7) is 9.45. The molecule has 1 aliphatic heterocycles. The molecule has 0 radical (unpaired) electrons. The minimum atomic E-state index is 0.338. The lowest BCUT2D eigenvalue weighted by molar-refractivity contribution is 0.150. The lowest BCUT2D eigenvalue weighted by Crippen LogP contribution is -2.40. The lowest BCUT2D eigenvalue weighted by Gasteiger charge is -2.38. The first kappa shape index (κ1) is 14.5. The second-order valence-electron chi connectivity index (χ2n) is 6.00. The molecule has 0 spiro atoms. The summed E-state index contributed by atoms with van der Waals surface area (Å²) in [6, 6.07) is 0. The Balaban J connectivity index is 2.02. The highest BCUT2D eigenvalue weighted by atomic mass is 35.5. The molecule has 0 bridgehead atoms. The summed E-state index contributed by atoms with van der Waals surface area (Å²) in [5.41, 5.74) is 1.27. The Bertz CT molecular complexity index is 453. The molecule has 1 aromatic rings. The molecule has 5 heteroatoms. The molecule has 0 amide bonds. The largest absolute Gasteiger partial charge is 0.369 e. The van der Waals surface area contributed by atoms with E-state index < -0.39 is 0 Å². The van der Waals surface area contributed by atoms with Crippen molar-refractivity contribution >= 4 is 17.4 Å². The zero-order chi connectivity index (χ0) is 14.0. The van der Waals surface area contributed by atoms with Crippen molar-refractivity contribution in [2.75, 3.05) is 32.0 Å². The minimum absolute atomic E-state index is 0.338. The molecule has 2 heterocycles. The molecule has 0 aromatic carbocycles. The summed E-state index contributed by atoms with van der Waals surface area (Å²) >= 11 is 6.10. The van der Waals surface area contributed by atoms with Crippen molar-refractivity contribution in [2.24, 2.45) is 5.41 Å². The molecule has 4 nitrogen and oxygen atoms in total. The Kier molecular flexibility index (Phi) is 4.31. The molecule has 1 saturated heterocycles. The normalized spacial score (nSPS) is 19.4. The number of aromatic nitrogens is 2. The second-order valence-corrected chi connectivity index (χ2v) is 6.36. The van der Waals surface area contributed by atoms with E-state index in [1.54, 1.807) is 0 Å². The van der Waals surface area contributed by atoms with Gasteiger partial charge in [-0.2, -0.15) is 0 Å². The van der Waals surface area contributed by atoms with E-state index in [2.05, 4.69) is 34.2 Å². The molecule has 1 aliphatic rings. The van der Waals surface area contributed by atoms with Crippen molar-refractivity contribution in [1.29, 1.82) is 0 Å². The van der Waals surface area contributed by atoms with Crippen LogP contribution < -0.4 is 5.32 Å². The summed E-state index contributed by atoms with van der Waals surface area (Å²) in [5, 5.41) is 4.01. The van der Waals surface area contributed by atoms with Crippen LogP contribution in [0.5, 0.6) is 0 Å². The van der Waals surface area contributed by atoms with Gasteiger partial charge in [-0.3, -0.25) is 0 Å². The highest BCUT2D eigenvalue weighted by molar-refractivity contribution is 6.30. The average Bonchev–Trinajstić information content (AvgIpc) is 2.36. The fraction of sp³-hybridized carbons (Fsp3) is 0.714. The van der Waals surface area contributed by atoms with Gasteiger partial charge in [0.2, 0.25) is 0 Å². The van der Waals surface area contributed by atoms with Gasteiger partial charge in [-0.1, -0.05) is 18.5 Å². The molecule has 19 heavy (non-hydrogen) atoms. The van der Waals surface area contributed by atoms with Crippen LogP contribution in [-0.2, 0) is 0 Å². The Hall–Kier alpha value is -0.870. The average molecular weight is 283 g/mol. The van der Waals surface area contributed by atoms with Gasteiger partial charge in [0.05, 0.1) is 0 Å². The molecule has 0 aliphatic carbocycles. The topological polar surface area (TPSA) is 41.1 Å². The van der Waals surface area contributed by atoms with Crippen molar-refractivity contribution in [3.05, 3.63) is 16.5 Å². The number of likely N-dealkylation sites (tertiary alicyclic amines) is 1. The van der Waals surface area contributed by atoms with Crippen LogP contribution in [0.4, 0.5) is 5.82 Å². The van der Waals surface area contributed by atoms with Gasteiger partial charge in [0.15, 0.2) is 0 Å². The number of aryl methyl sites for hydroxylation is 1. The van der Waals surface area contributed by atoms with Gasteiger partial charge in [-0.25, -0.2) is 9.97 Å². The van der Waals surface area contributed by atoms with Gasteiger partial charge in [0.25, 0.3) is 0 Å². The van der Waals surface area contributed by atoms with Crippen LogP contribution in [-0.4, -0.2) is 41.5 Å². The van der Waals surface area contributed by atoms with Gasteiger partial charge in [-0.05, 0) is 52.2 Å². The van der Waals surface area contributed by atoms with E-state index in [9.17, 15) is 0 Å². The quantitative estimate of drug-likeness (QED) is 0.866. The zero-order valence-corrected chi connectivity index (χ0v) is 13.0. The number of nitrogens with one attached hydrogen (secondary N) is 1. The second kappa shape index (κ2) is 5.63. The molecule has 0 saturated carbocycles. The summed E-state index contributed by atoms with van der Waals surface area (Å²) in [7, 11) is 2.19. The Morgan fingerprint density at radius 3 is 2.53 bits per heavy atom. The van der Waals surface area contributed by atoms with Crippen LogP contribution in [0.1, 0.15) is 31.2 Å². The third-order valence-electron chi connectivity index (χ3n) is 4.07. The number of rotatable bonds is 3. The molecule has 1 aromatic heterocycles. The first-order valence-corrected chi connectivity index (χ1v) is 7.21. The number of halogens is 1. The van der Waals surface area contributed by atoms with E-state index in [-0.39, 0.29) is 0 Å². The summed E-state index contributed by atoms with van der Waals surface area (Å²) < 4.78 is 0. The highest BCUT2D eigenvalue weighted by Gasteiger charge is 2.28. The van der Waals surface area contributed by atoms with Gasteiger partial charge in [-0.15, -0.1) is 0 Å². The number of anilines is 1. The predicted molar refractivity (Wildman–Crippen MR) is 79.8 cm³/mol. The third-order valence-corrected chi connectivity index (χ3v) is 4.44. The first-order chi connectivity index (χ1) is 8.89. The van der Waals surface area contributed by atoms with Crippen molar-refractivity contribution in [3.8, 4) is 0 Å². The van der Waals surface area contributed by atoms with Crippen LogP contribution in [0.2, 0.25) is 5.15 Å². The maximum absolute atomic E-state index is 6.10. The molecule has 0 unspecified atom stereocenters. The molecule has 1 fully saturated rings. The molecule has 1 N–H and O–H groups in total. The monoisotopic (exact) mass is 282 g/mol. The highest BCUT2D eigenvalue weighted by Crippen LogP contribution is 2.31. The van der Waals surface area contributed by atoms with E-state index in [0.717, 1.165) is 17.9 Å². The van der Waals surface area contributed by atoms with Crippen LogP contribution in [0.3, 0.4) is 0 Å². The lowest BCUT2D eigenvalue weighted by atomic mass is 9.80. The molecule has 2 rings (SSSR count). The van der Waals surface area contributed by atoms with Crippen LogP contribution in [0, 0.1) is 19.3 Å². The molecule has 106 valence electrons. The molecular weight excluding hydrogens is 260 g/mol. The number of hydrogen-bond donors (Lipinski definition) is 1. The summed E-state index contributed by atoms with van der Waals surface area (Å²) in [6.07, 6.45) is 2.43. The fourth-order valence-electron chi connectivity index (χ4n) is 2.40. The maximum atomic E-state index is 6.10. The summed E-state index contributed by atoms with van der Waals surface area (Å²) in [4.78, 5) is 11.0. The zero-order valence-electron chi connectivity index (χ0n) is 12.3. The van der Waals surface area contributed by atoms with Gasteiger partial charge < -0.3 is 10.2 Å². The van der Waals surface area contributed by atoms with Crippen molar-refractivity contribution in [2.45, 2.75) is 33.6 Å². The Morgan fingerprint density at radius 1 is 1.26 bits per heavy atom. The third kappa shape index (κ3) is 3.57. The van der Waals surface area contributed by atoms with Gasteiger partial charge >= 0.3 is 0 Å². The van der Waals surface area contributed by atoms with Crippen molar-refractivity contribution in [1.82, 2.24) is 14.9 Å². The van der Waals surface area contributed by atoms with E-state index in [4.69, 9.17) is 11.6 Å². The summed E-state index contributed by atoms with van der Waals surface area (Å²) in [5.74, 6) is 1.59. The molecule has 0 atom stereocenters. The smallest absolute Gasteiger partial charge is 0.137 e. The number of nitrogens with zero attached hydrogens (tertiary/aromatic N) is 3. The van der Waals surface area contributed by atoms with E-state index in [1.165, 1.54) is 25.9 Å². The number of hydrogen-bond acceptors (Lipinski definition) is 4. The van der Waals surface area contributed by atoms with E-state index in [0.29, 0.717) is 16.4 Å². The van der Waals surface area contributed by atoms with Crippen molar-refractivity contribution in [3.63, 3.8) is 0 Å². The SMILES string of the molecule is Cc1nc(Cl)c(C)c(NCC2(C)CCN(C)CC2)n1. The van der Waals surface area contributed by atoms with Crippen molar-refractivity contribution < 1.29 is 0 Å². The van der Waals surface area contributed by atoms with E-state index in [1.807, 2.05) is 13.8 Å². The van der Waals surface area contributed by atoms with Crippen LogP contribution >= 0.6 is 11.6 Å². The fourth-order valence-corrected chi connectivity index (χ4v) is 2.61. The Morgan fingerprint density at radius 2 is 1.89 bits per heavy atom. The van der Waals surface area contributed by atoms with Crippen LogP contribution in [0.25, 0.3) is 0 Å². The standard InChI is InChI=1S/C14H23ClN4/c1-10-12(15)17-11(2)18-13(10)16-9-14(3)5-7-19(4)8-6-14/h5-9H2,1-4H3,(H,16,17,18). The van der Waals surface area contributed by atoms with Gasteiger partial charge in [0, 0.05) is 12.1 Å². The number of piperidine rings is 1. The van der Waals surface area contributed by atoms with Crippen LogP contribution in [0.15, 0.2) is 0 Å². The molecular formula is C14H23ClN4. The minimum Gasteiger partial charge on any atom is -0.369 e. The first-order valence-electron chi connectivity index (χ1n) is 6.83. The van der Waals surface area contributed by atoms with Gasteiger partial charge in [0.1, 0.15) is 16.8 Å². The van der Waals surface area contributed by atoms with E-state index >= 15 is 0 Å². The maximum Gasteiger partial charge on any atom is 0.137 e.